The molecular weight excluding hydrogens is 358 g/mol. The van der Waals surface area contributed by atoms with E-state index in [4.69, 9.17) is 0 Å². The molecule has 0 amide bonds. The van der Waals surface area contributed by atoms with Gasteiger partial charge in [0.1, 0.15) is 0 Å². The predicted octanol–water partition coefficient (Wildman–Crippen LogP) is 5.95. The van der Waals surface area contributed by atoms with Crippen LogP contribution >= 0.6 is 0 Å². The summed E-state index contributed by atoms with van der Waals surface area (Å²) in [5.74, 6) is 0. The first-order valence-electron chi connectivity index (χ1n) is 9.67. The van der Waals surface area contributed by atoms with Crippen molar-refractivity contribution in [3.8, 4) is 0 Å². The Morgan fingerprint density at radius 2 is 0.897 bits per heavy atom. The van der Waals surface area contributed by atoms with E-state index in [0.717, 1.165) is 54.5 Å². The molecule has 0 spiro atoms. The first-order valence-corrected chi connectivity index (χ1v) is 9.67. The maximum Gasteiger partial charge on any atom is 0.256 e. The zero-order valence-electron chi connectivity index (χ0n) is 15.3. The molecule has 4 aromatic carbocycles. The molecule has 3 heterocycles. The standard InChI is InChI=1S/C25H15N3O/c29-25-19-12-23-16(13-5-1-3-7-20(13)27-23)9-15(19)18-11-22-17(10-24(18)28-25)14-6-2-4-8-21(14)26-22/h1-12,26-27H,(H,28,29). The Kier molecular flexibility index (Phi) is 2.60. The summed E-state index contributed by atoms with van der Waals surface area (Å²) in [4.78, 5) is 23.0. The van der Waals surface area contributed by atoms with Crippen molar-refractivity contribution < 1.29 is 0 Å². The smallest absolute Gasteiger partial charge is 0.256 e. The van der Waals surface area contributed by atoms with Crippen LogP contribution < -0.4 is 5.56 Å². The summed E-state index contributed by atoms with van der Waals surface area (Å²) < 4.78 is 0. The van der Waals surface area contributed by atoms with Gasteiger partial charge >= 0.3 is 0 Å². The van der Waals surface area contributed by atoms with Crippen molar-refractivity contribution in [2.24, 2.45) is 0 Å². The number of fused-ring (bicyclic) bond motifs is 9. The number of H-pyrrole nitrogens is 3. The van der Waals surface area contributed by atoms with E-state index in [1.54, 1.807) is 0 Å². The number of aromatic nitrogens is 3. The zero-order valence-corrected chi connectivity index (χ0v) is 15.3. The lowest BCUT2D eigenvalue weighted by molar-refractivity contribution is 1.35. The summed E-state index contributed by atoms with van der Waals surface area (Å²) in [6.45, 7) is 0. The summed E-state index contributed by atoms with van der Waals surface area (Å²) in [6.07, 6.45) is 0. The second-order valence-electron chi connectivity index (χ2n) is 7.68. The van der Waals surface area contributed by atoms with Crippen molar-refractivity contribution in [1.82, 2.24) is 15.0 Å². The van der Waals surface area contributed by atoms with Crippen molar-refractivity contribution in [2.45, 2.75) is 0 Å². The highest BCUT2D eigenvalue weighted by Gasteiger charge is 2.13. The molecule has 0 unspecified atom stereocenters. The Morgan fingerprint density at radius 3 is 1.55 bits per heavy atom. The van der Waals surface area contributed by atoms with Crippen LogP contribution in [0.1, 0.15) is 0 Å². The van der Waals surface area contributed by atoms with Gasteiger partial charge in [-0.25, -0.2) is 0 Å². The highest BCUT2D eigenvalue weighted by Crippen LogP contribution is 2.34. The number of nitrogens with one attached hydrogen (secondary N) is 3. The van der Waals surface area contributed by atoms with Gasteiger partial charge in [0, 0.05) is 59.9 Å². The number of hydrogen-bond acceptors (Lipinski definition) is 1. The third kappa shape index (κ3) is 1.90. The van der Waals surface area contributed by atoms with Gasteiger partial charge in [-0.2, -0.15) is 0 Å². The lowest BCUT2D eigenvalue weighted by atomic mass is 10.0. The Morgan fingerprint density at radius 1 is 0.414 bits per heavy atom. The monoisotopic (exact) mass is 373 g/mol. The van der Waals surface area contributed by atoms with Gasteiger partial charge in [0.15, 0.2) is 0 Å². The molecule has 0 atom stereocenters. The molecule has 0 fully saturated rings. The van der Waals surface area contributed by atoms with E-state index in [-0.39, 0.29) is 5.56 Å². The van der Waals surface area contributed by atoms with E-state index < -0.39 is 0 Å². The van der Waals surface area contributed by atoms with Gasteiger partial charge in [0.2, 0.25) is 0 Å². The number of pyridine rings is 1. The minimum absolute atomic E-state index is 0.0627. The Labute approximate surface area is 163 Å². The molecule has 4 heteroatoms. The molecule has 136 valence electrons. The molecule has 0 radical (unpaired) electrons. The topological polar surface area (TPSA) is 64.4 Å². The molecule has 29 heavy (non-hydrogen) atoms. The van der Waals surface area contributed by atoms with Crippen LogP contribution in [0.5, 0.6) is 0 Å². The minimum atomic E-state index is -0.0627. The van der Waals surface area contributed by atoms with Crippen LogP contribution in [-0.4, -0.2) is 15.0 Å². The fourth-order valence-corrected chi connectivity index (χ4v) is 4.72. The van der Waals surface area contributed by atoms with Gasteiger partial charge in [0.25, 0.3) is 5.56 Å². The van der Waals surface area contributed by atoms with Gasteiger partial charge in [0.05, 0.1) is 0 Å². The van der Waals surface area contributed by atoms with Crippen LogP contribution in [-0.2, 0) is 0 Å². The fraction of sp³-hybridized carbons (Fsp3) is 0. The number of hydrogen-bond donors (Lipinski definition) is 3. The Bertz CT molecular complexity index is 1830. The van der Waals surface area contributed by atoms with Gasteiger partial charge in [-0.3, -0.25) is 4.79 Å². The minimum Gasteiger partial charge on any atom is -0.354 e. The van der Waals surface area contributed by atoms with Gasteiger partial charge in [-0.15, -0.1) is 0 Å². The van der Waals surface area contributed by atoms with E-state index in [0.29, 0.717) is 5.39 Å². The molecule has 0 aliphatic heterocycles. The number of benzene rings is 4. The summed E-state index contributed by atoms with van der Waals surface area (Å²) in [5.41, 5.74) is 5.03. The van der Waals surface area contributed by atoms with Crippen LogP contribution in [0.15, 0.2) is 77.6 Å². The highest BCUT2D eigenvalue weighted by atomic mass is 16.1. The maximum atomic E-state index is 12.9. The molecule has 3 N–H and O–H groups in total. The van der Waals surface area contributed by atoms with Crippen LogP contribution in [0.25, 0.3) is 65.3 Å². The van der Waals surface area contributed by atoms with Crippen LogP contribution in [0.3, 0.4) is 0 Å². The lowest BCUT2D eigenvalue weighted by Crippen LogP contribution is -2.06. The van der Waals surface area contributed by atoms with Gasteiger partial charge in [-0.05, 0) is 41.8 Å². The number of para-hydroxylation sites is 2. The summed E-state index contributed by atoms with van der Waals surface area (Å²) >= 11 is 0. The van der Waals surface area contributed by atoms with Gasteiger partial charge < -0.3 is 15.0 Å². The molecular formula is C25H15N3O. The summed E-state index contributed by atoms with van der Waals surface area (Å²) in [7, 11) is 0. The van der Waals surface area contributed by atoms with Crippen LogP contribution in [0, 0.1) is 0 Å². The molecule has 4 nitrogen and oxygen atoms in total. The molecule has 3 aromatic heterocycles. The molecule has 7 rings (SSSR count). The highest BCUT2D eigenvalue weighted by molar-refractivity contribution is 6.19. The van der Waals surface area contributed by atoms with Crippen molar-refractivity contribution in [3.05, 3.63) is 83.2 Å². The molecule has 0 saturated carbocycles. The predicted molar refractivity (Wildman–Crippen MR) is 121 cm³/mol. The first-order chi connectivity index (χ1) is 14.3. The lowest BCUT2D eigenvalue weighted by Gasteiger charge is -2.05. The van der Waals surface area contributed by atoms with E-state index in [2.05, 4.69) is 57.4 Å². The van der Waals surface area contributed by atoms with E-state index in [1.807, 2.05) is 30.3 Å². The largest absolute Gasteiger partial charge is 0.354 e. The maximum absolute atomic E-state index is 12.9. The zero-order chi connectivity index (χ0) is 19.1. The molecule has 0 aliphatic rings. The molecule has 0 aliphatic carbocycles. The van der Waals surface area contributed by atoms with E-state index >= 15 is 0 Å². The second kappa shape index (κ2) is 5.06. The summed E-state index contributed by atoms with van der Waals surface area (Å²) in [6, 6.07) is 24.9. The fourth-order valence-electron chi connectivity index (χ4n) is 4.72. The number of aromatic amines is 3. The van der Waals surface area contributed by atoms with Gasteiger partial charge in [-0.1, -0.05) is 36.4 Å². The molecule has 0 bridgehead atoms. The third-order valence-electron chi connectivity index (χ3n) is 6.07. The van der Waals surface area contributed by atoms with Crippen molar-refractivity contribution in [2.75, 3.05) is 0 Å². The van der Waals surface area contributed by atoms with Crippen LogP contribution in [0.4, 0.5) is 0 Å². The average Bonchev–Trinajstić information content (AvgIpc) is 3.29. The normalized spacial score (nSPS) is 12.3. The Balaban J connectivity index is 1.71. The third-order valence-corrected chi connectivity index (χ3v) is 6.07. The molecule has 0 saturated heterocycles. The SMILES string of the molecule is O=c1[nH]c2cc3c(cc2c2cc4c(cc12)[nH]c1ccccc14)[nH]c1ccccc13. The van der Waals surface area contributed by atoms with Crippen LogP contribution in [0.2, 0.25) is 0 Å². The first kappa shape index (κ1) is 14.9. The number of rotatable bonds is 0. The average molecular weight is 373 g/mol. The van der Waals surface area contributed by atoms with Crippen molar-refractivity contribution in [1.29, 1.82) is 0 Å². The van der Waals surface area contributed by atoms with E-state index in [1.165, 1.54) is 5.39 Å². The molecule has 7 aromatic rings. The Hall–Kier alpha value is -4.05. The summed E-state index contributed by atoms with van der Waals surface area (Å²) in [5, 5.41) is 7.31. The van der Waals surface area contributed by atoms with E-state index in [9.17, 15) is 4.79 Å². The second-order valence-corrected chi connectivity index (χ2v) is 7.68. The van der Waals surface area contributed by atoms with Crippen molar-refractivity contribution in [3.63, 3.8) is 0 Å². The van der Waals surface area contributed by atoms with Crippen molar-refractivity contribution >= 4 is 65.3 Å². The quantitative estimate of drug-likeness (QED) is 0.283.